The summed E-state index contributed by atoms with van der Waals surface area (Å²) in [5.41, 5.74) is 2.96. The Morgan fingerprint density at radius 3 is 2.68 bits per heavy atom. The summed E-state index contributed by atoms with van der Waals surface area (Å²) >= 11 is 0. The monoisotopic (exact) mass is 279 g/mol. The summed E-state index contributed by atoms with van der Waals surface area (Å²) in [5, 5.41) is 3.93. The van der Waals surface area contributed by atoms with Crippen LogP contribution in [-0.4, -0.2) is 22.3 Å². The van der Waals surface area contributed by atoms with E-state index < -0.39 is 10.8 Å². The highest BCUT2D eigenvalue weighted by Crippen LogP contribution is 2.36. The highest BCUT2D eigenvalue weighted by Gasteiger charge is 2.23. The van der Waals surface area contributed by atoms with Crippen LogP contribution in [0.1, 0.15) is 56.2 Å². The van der Waals surface area contributed by atoms with Gasteiger partial charge in [-0.25, -0.2) is 0 Å². The Labute approximate surface area is 119 Å². The van der Waals surface area contributed by atoms with Crippen LogP contribution in [0.15, 0.2) is 24.3 Å². The van der Waals surface area contributed by atoms with Crippen molar-refractivity contribution in [2.45, 2.75) is 50.3 Å². The molecule has 106 valence electrons. The van der Waals surface area contributed by atoms with Crippen LogP contribution in [0.3, 0.4) is 0 Å². The van der Waals surface area contributed by atoms with Gasteiger partial charge in [-0.3, -0.25) is 4.21 Å². The molecule has 0 heterocycles. The number of fused-ring (bicyclic) bond motifs is 1. The third-order valence-corrected chi connectivity index (χ3v) is 5.67. The molecular formula is C16H25NOS. The summed E-state index contributed by atoms with van der Waals surface area (Å²) in [4.78, 5) is 0. The number of nitrogens with one attached hydrogen (secondary N) is 1. The molecule has 0 saturated carbocycles. The molecule has 4 atom stereocenters. The lowest BCUT2D eigenvalue weighted by Crippen LogP contribution is -2.29. The van der Waals surface area contributed by atoms with Gasteiger partial charge in [0.25, 0.3) is 0 Å². The molecule has 0 aliphatic heterocycles. The van der Waals surface area contributed by atoms with Crippen molar-refractivity contribution in [2.24, 2.45) is 0 Å². The van der Waals surface area contributed by atoms with E-state index in [9.17, 15) is 4.21 Å². The van der Waals surface area contributed by atoms with Crippen molar-refractivity contribution in [2.75, 3.05) is 12.8 Å². The molecule has 1 aliphatic carbocycles. The number of rotatable bonds is 5. The zero-order valence-corrected chi connectivity index (χ0v) is 13.0. The second-order valence-electron chi connectivity index (χ2n) is 5.71. The smallest absolute Gasteiger partial charge is 0.0329 e. The van der Waals surface area contributed by atoms with E-state index in [1.54, 1.807) is 6.26 Å². The standard InChI is InChI=1S/C16H25NOS/c1-12-8-9-16(15-7-5-4-6-14(12)15)17-11-10-13(2)19(3)18/h4-7,12-13,16-17H,8-11H2,1-3H3. The zero-order chi connectivity index (χ0) is 13.8. The van der Waals surface area contributed by atoms with Crippen LogP contribution >= 0.6 is 0 Å². The summed E-state index contributed by atoms with van der Waals surface area (Å²) in [7, 11) is -0.708. The van der Waals surface area contributed by atoms with Crippen LogP contribution in [0.4, 0.5) is 0 Å². The Morgan fingerprint density at radius 1 is 1.32 bits per heavy atom. The van der Waals surface area contributed by atoms with Gasteiger partial charge in [-0.05, 0) is 42.9 Å². The van der Waals surface area contributed by atoms with Crippen LogP contribution in [0.25, 0.3) is 0 Å². The van der Waals surface area contributed by atoms with Crippen LogP contribution in [0, 0.1) is 0 Å². The fourth-order valence-electron chi connectivity index (χ4n) is 2.84. The Kier molecular flexibility index (Phi) is 5.17. The highest BCUT2D eigenvalue weighted by molar-refractivity contribution is 7.84. The molecule has 2 nitrogen and oxygen atoms in total. The minimum atomic E-state index is -0.708. The lowest BCUT2D eigenvalue weighted by Gasteiger charge is -2.30. The minimum Gasteiger partial charge on any atom is -0.310 e. The second-order valence-corrected chi connectivity index (χ2v) is 7.51. The van der Waals surface area contributed by atoms with E-state index in [0.29, 0.717) is 12.0 Å². The van der Waals surface area contributed by atoms with Crippen molar-refractivity contribution in [1.82, 2.24) is 5.32 Å². The van der Waals surface area contributed by atoms with Gasteiger partial charge in [-0.15, -0.1) is 0 Å². The first kappa shape index (κ1) is 14.7. The van der Waals surface area contributed by atoms with Crippen molar-refractivity contribution in [3.8, 4) is 0 Å². The molecule has 1 aromatic rings. The van der Waals surface area contributed by atoms with Gasteiger partial charge >= 0.3 is 0 Å². The molecule has 0 spiro atoms. The van der Waals surface area contributed by atoms with Gasteiger partial charge < -0.3 is 5.32 Å². The first-order valence-corrected chi connectivity index (χ1v) is 8.86. The molecule has 0 bridgehead atoms. The van der Waals surface area contributed by atoms with Gasteiger partial charge in [0.2, 0.25) is 0 Å². The molecule has 1 N–H and O–H groups in total. The number of benzene rings is 1. The maximum atomic E-state index is 11.4. The first-order valence-electron chi connectivity index (χ1n) is 7.24. The molecule has 0 aromatic heterocycles. The van der Waals surface area contributed by atoms with E-state index in [-0.39, 0.29) is 5.25 Å². The average molecular weight is 279 g/mol. The first-order chi connectivity index (χ1) is 9.09. The molecule has 1 aromatic carbocycles. The van der Waals surface area contributed by atoms with E-state index in [4.69, 9.17) is 0 Å². The quantitative estimate of drug-likeness (QED) is 0.895. The molecule has 3 heteroatoms. The molecule has 4 unspecified atom stereocenters. The van der Waals surface area contributed by atoms with Gasteiger partial charge in [0.05, 0.1) is 0 Å². The minimum absolute atomic E-state index is 0.283. The van der Waals surface area contributed by atoms with Crippen LogP contribution in [-0.2, 0) is 10.8 Å². The predicted octanol–water partition coefficient (Wildman–Crippen LogP) is 3.37. The Morgan fingerprint density at radius 2 is 2.00 bits per heavy atom. The molecule has 19 heavy (non-hydrogen) atoms. The third-order valence-electron chi connectivity index (χ3n) is 4.30. The summed E-state index contributed by atoms with van der Waals surface area (Å²) < 4.78 is 11.4. The van der Waals surface area contributed by atoms with Crippen LogP contribution in [0.2, 0.25) is 0 Å². The van der Waals surface area contributed by atoms with Crippen molar-refractivity contribution in [3.63, 3.8) is 0 Å². The summed E-state index contributed by atoms with van der Waals surface area (Å²) in [6, 6.07) is 9.27. The van der Waals surface area contributed by atoms with E-state index in [2.05, 4.69) is 43.4 Å². The molecule has 0 saturated heterocycles. The van der Waals surface area contributed by atoms with Crippen molar-refractivity contribution < 1.29 is 4.21 Å². The van der Waals surface area contributed by atoms with Crippen molar-refractivity contribution >= 4 is 10.8 Å². The van der Waals surface area contributed by atoms with E-state index >= 15 is 0 Å². The molecule has 0 fully saturated rings. The average Bonchev–Trinajstić information content (AvgIpc) is 2.41. The third kappa shape index (κ3) is 3.67. The molecule has 0 radical (unpaired) electrons. The lowest BCUT2D eigenvalue weighted by molar-refractivity contribution is 0.429. The maximum absolute atomic E-state index is 11.4. The van der Waals surface area contributed by atoms with Gasteiger partial charge in [-0.1, -0.05) is 38.1 Å². The molecule has 0 amide bonds. The maximum Gasteiger partial charge on any atom is 0.0329 e. The van der Waals surface area contributed by atoms with Crippen molar-refractivity contribution in [1.29, 1.82) is 0 Å². The van der Waals surface area contributed by atoms with Gasteiger partial charge in [0.15, 0.2) is 0 Å². The highest BCUT2D eigenvalue weighted by atomic mass is 32.2. The topological polar surface area (TPSA) is 29.1 Å². The van der Waals surface area contributed by atoms with E-state index in [1.807, 2.05) is 0 Å². The predicted molar refractivity (Wildman–Crippen MR) is 83.0 cm³/mol. The summed E-state index contributed by atoms with van der Waals surface area (Å²) in [6.07, 6.45) is 5.24. The SMILES string of the molecule is CC1CCC(NCCC(C)S(C)=O)c2ccccc21. The summed E-state index contributed by atoms with van der Waals surface area (Å²) in [5.74, 6) is 0.677. The molecular weight excluding hydrogens is 254 g/mol. The van der Waals surface area contributed by atoms with Gasteiger partial charge in [-0.2, -0.15) is 0 Å². The van der Waals surface area contributed by atoms with Gasteiger partial charge in [0.1, 0.15) is 0 Å². The molecule has 2 rings (SSSR count). The number of hydrogen-bond donors (Lipinski definition) is 1. The summed E-state index contributed by atoms with van der Waals surface area (Å²) in [6.45, 7) is 5.33. The fraction of sp³-hybridized carbons (Fsp3) is 0.625. The van der Waals surface area contributed by atoms with E-state index in [0.717, 1.165) is 13.0 Å². The Hall–Kier alpha value is -0.670. The van der Waals surface area contributed by atoms with Crippen molar-refractivity contribution in [3.05, 3.63) is 35.4 Å². The number of hydrogen-bond acceptors (Lipinski definition) is 2. The molecule has 1 aliphatic rings. The second kappa shape index (κ2) is 6.67. The lowest BCUT2D eigenvalue weighted by atomic mass is 9.81. The fourth-order valence-corrected chi connectivity index (χ4v) is 3.29. The zero-order valence-electron chi connectivity index (χ0n) is 12.2. The van der Waals surface area contributed by atoms with Crippen LogP contribution < -0.4 is 5.32 Å². The largest absolute Gasteiger partial charge is 0.310 e. The Balaban J connectivity index is 1.95. The normalized spacial score (nSPS) is 25.6. The Bertz CT molecular complexity index is 446. The van der Waals surface area contributed by atoms with Crippen LogP contribution in [0.5, 0.6) is 0 Å². The van der Waals surface area contributed by atoms with E-state index in [1.165, 1.54) is 24.0 Å². The van der Waals surface area contributed by atoms with Gasteiger partial charge in [0, 0.05) is 28.3 Å².